The van der Waals surface area contributed by atoms with Crippen molar-refractivity contribution in [1.82, 2.24) is 5.32 Å². The van der Waals surface area contributed by atoms with Crippen LogP contribution in [0, 0.1) is 0 Å². The summed E-state index contributed by atoms with van der Waals surface area (Å²) in [5.74, 6) is 0. The Morgan fingerprint density at radius 2 is 2.00 bits per heavy atom. The van der Waals surface area contributed by atoms with Crippen molar-refractivity contribution >= 4 is 17.3 Å². The predicted molar refractivity (Wildman–Crippen MR) is 73.9 cm³/mol. The first-order valence-corrected chi connectivity index (χ1v) is 5.92. The summed E-state index contributed by atoms with van der Waals surface area (Å²) in [6.07, 6.45) is 4.36. The third-order valence-corrected chi connectivity index (χ3v) is 2.52. The minimum atomic E-state index is 0.678. The van der Waals surface area contributed by atoms with Gasteiger partial charge in [0.25, 0.3) is 0 Å². The molecule has 2 nitrogen and oxygen atoms in total. The number of hydrogen-bond acceptors (Lipinski definition) is 2. The molecule has 0 fully saturated rings. The van der Waals surface area contributed by atoms with Gasteiger partial charge in [-0.2, -0.15) is 0 Å². The number of allylic oxidation sites excluding steroid dienone is 4. The van der Waals surface area contributed by atoms with Gasteiger partial charge in [-0.05, 0) is 32.8 Å². The first-order valence-electron chi connectivity index (χ1n) is 5.54. The van der Waals surface area contributed by atoms with Crippen molar-refractivity contribution in [3.05, 3.63) is 35.2 Å². The van der Waals surface area contributed by atoms with Crippen LogP contribution in [-0.4, -0.2) is 12.3 Å². The highest BCUT2D eigenvalue weighted by Crippen LogP contribution is 2.15. The average Bonchev–Trinajstić information content (AvgIpc) is 2.25. The molecule has 0 aliphatic heterocycles. The number of nitrogens with zero attached hydrogens (tertiary/aromatic N) is 1. The van der Waals surface area contributed by atoms with Gasteiger partial charge in [-0.15, -0.1) is 0 Å². The minimum Gasteiger partial charge on any atom is -0.389 e. The van der Waals surface area contributed by atoms with Gasteiger partial charge in [-0.1, -0.05) is 31.2 Å². The number of halogens is 1. The fraction of sp³-hybridized carbons (Fsp3) is 0.462. The van der Waals surface area contributed by atoms with Crippen LogP contribution in [0.15, 0.2) is 40.1 Å². The van der Waals surface area contributed by atoms with Crippen LogP contribution < -0.4 is 5.32 Å². The highest BCUT2D eigenvalue weighted by molar-refractivity contribution is 6.46. The molecule has 0 spiro atoms. The molecule has 0 saturated carbocycles. The molecule has 0 radical (unpaired) electrons. The zero-order valence-electron chi connectivity index (χ0n) is 10.6. The maximum Gasteiger partial charge on any atom is 0.0858 e. The Hall–Kier alpha value is -1.02. The monoisotopic (exact) mass is 240 g/mol. The van der Waals surface area contributed by atoms with Crippen molar-refractivity contribution in [1.29, 1.82) is 0 Å². The lowest BCUT2D eigenvalue weighted by atomic mass is 10.1. The van der Waals surface area contributed by atoms with E-state index in [-0.39, 0.29) is 0 Å². The Labute approximate surface area is 104 Å². The SMILES string of the molecule is C=C/N=C(C(/Cl)=C\CC)\C(C)=C(/C)NCC. The van der Waals surface area contributed by atoms with Crippen LogP contribution in [0.4, 0.5) is 0 Å². The molecule has 0 aliphatic rings. The topological polar surface area (TPSA) is 24.4 Å². The molecule has 0 rings (SSSR count). The van der Waals surface area contributed by atoms with Crippen molar-refractivity contribution in [2.24, 2.45) is 4.99 Å². The molecule has 16 heavy (non-hydrogen) atoms. The summed E-state index contributed by atoms with van der Waals surface area (Å²) in [5.41, 5.74) is 2.93. The van der Waals surface area contributed by atoms with Gasteiger partial charge in [0.15, 0.2) is 0 Å². The van der Waals surface area contributed by atoms with Gasteiger partial charge in [0, 0.05) is 18.4 Å². The predicted octanol–water partition coefficient (Wildman–Crippen LogP) is 4.01. The fourth-order valence-electron chi connectivity index (χ4n) is 1.28. The Kier molecular flexibility index (Phi) is 7.65. The molecule has 90 valence electrons. The second-order valence-corrected chi connectivity index (χ2v) is 3.81. The summed E-state index contributed by atoms with van der Waals surface area (Å²) >= 11 is 6.19. The maximum atomic E-state index is 6.19. The Bertz CT molecular complexity index is 325. The second kappa shape index (κ2) is 8.17. The van der Waals surface area contributed by atoms with E-state index in [0.717, 1.165) is 29.9 Å². The number of rotatable bonds is 6. The molecule has 0 unspecified atom stereocenters. The van der Waals surface area contributed by atoms with Gasteiger partial charge in [-0.25, -0.2) is 0 Å². The lowest BCUT2D eigenvalue weighted by molar-refractivity contribution is 0.846. The first kappa shape index (κ1) is 15.0. The lowest BCUT2D eigenvalue weighted by Gasteiger charge is -2.11. The van der Waals surface area contributed by atoms with Crippen molar-refractivity contribution in [3.63, 3.8) is 0 Å². The molecule has 0 atom stereocenters. The van der Waals surface area contributed by atoms with E-state index in [1.54, 1.807) is 0 Å². The van der Waals surface area contributed by atoms with Gasteiger partial charge < -0.3 is 5.32 Å². The Balaban J connectivity index is 5.23. The standard InChI is InChI=1S/C13H21ClN2/c1-6-9-12(14)13(16-8-3)10(4)11(5)15-7-2/h8-9,15H,3,6-7H2,1-2,4-5H3/b11-10+,12-9+,16-13+. The van der Waals surface area contributed by atoms with E-state index in [0.29, 0.717) is 5.03 Å². The van der Waals surface area contributed by atoms with E-state index in [1.807, 2.05) is 26.8 Å². The van der Waals surface area contributed by atoms with Gasteiger partial charge in [0.1, 0.15) is 0 Å². The summed E-state index contributed by atoms with van der Waals surface area (Å²) in [4.78, 5) is 4.23. The van der Waals surface area contributed by atoms with E-state index in [2.05, 4.69) is 23.8 Å². The van der Waals surface area contributed by atoms with Crippen LogP contribution in [0.5, 0.6) is 0 Å². The van der Waals surface area contributed by atoms with Crippen molar-refractivity contribution in [3.8, 4) is 0 Å². The summed E-state index contributed by atoms with van der Waals surface area (Å²) in [5, 5.41) is 3.94. The van der Waals surface area contributed by atoms with E-state index in [4.69, 9.17) is 11.6 Å². The molecule has 0 aliphatic carbocycles. The van der Waals surface area contributed by atoms with Crippen molar-refractivity contribution in [2.45, 2.75) is 34.1 Å². The largest absolute Gasteiger partial charge is 0.389 e. The zero-order chi connectivity index (χ0) is 12.6. The van der Waals surface area contributed by atoms with E-state index < -0.39 is 0 Å². The zero-order valence-corrected chi connectivity index (χ0v) is 11.4. The maximum absolute atomic E-state index is 6.19. The van der Waals surface area contributed by atoms with Gasteiger partial charge >= 0.3 is 0 Å². The summed E-state index contributed by atoms with van der Waals surface area (Å²) < 4.78 is 0. The molecule has 0 aromatic heterocycles. The van der Waals surface area contributed by atoms with Crippen LogP contribution in [0.1, 0.15) is 34.1 Å². The van der Waals surface area contributed by atoms with Crippen LogP contribution in [0.25, 0.3) is 0 Å². The second-order valence-electron chi connectivity index (χ2n) is 3.40. The van der Waals surface area contributed by atoms with Crippen molar-refractivity contribution < 1.29 is 0 Å². The molecule has 0 bridgehead atoms. The lowest BCUT2D eigenvalue weighted by Crippen LogP contribution is -2.15. The quantitative estimate of drug-likeness (QED) is 0.697. The molecular weight excluding hydrogens is 220 g/mol. The first-order chi connectivity index (χ1) is 7.58. The smallest absolute Gasteiger partial charge is 0.0858 e. The minimum absolute atomic E-state index is 0.678. The van der Waals surface area contributed by atoms with Crippen LogP contribution in [0.2, 0.25) is 0 Å². The molecule has 0 aromatic carbocycles. The number of nitrogens with one attached hydrogen (secondary N) is 1. The molecule has 1 N–H and O–H groups in total. The molecule has 0 saturated heterocycles. The van der Waals surface area contributed by atoms with Crippen molar-refractivity contribution in [2.75, 3.05) is 6.54 Å². The molecule has 0 heterocycles. The van der Waals surface area contributed by atoms with Crippen LogP contribution >= 0.6 is 11.6 Å². The van der Waals surface area contributed by atoms with E-state index in [1.165, 1.54) is 6.20 Å². The molecular formula is C13H21ClN2. The molecule has 3 heteroatoms. The summed E-state index contributed by atoms with van der Waals surface area (Å²) in [6, 6.07) is 0. The Morgan fingerprint density at radius 1 is 1.38 bits per heavy atom. The normalized spacial score (nSPS) is 14.6. The van der Waals surface area contributed by atoms with E-state index in [9.17, 15) is 0 Å². The molecule has 0 aromatic rings. The number of aliphatic imine (C=N–C) groups is 1. The highest BCUT2D eigenvalue weighted by atomic mass is 35.5. The number of hydrogen-bond donors (Lipinski definition) is 1. The van der Waals surface area contributed by atoms with Gasteiger partial charge in [-0.3, -0.25) is 4.99 Å². The fourth-order valence-corrected chi connectivity index (χ4v) is 1.62. The summed E-state index contributed by atoms with van der Waals surface area (Å²) in [6.45, 7) is 12.6. The van der Waals surface area contributed by atoms with Gasteiger partial charge in [0.2, 0.25) is 0 Å². The average molecular weight is 241 g/mol. The van der Waals surface area contributed by atoms with Crippen LogP contribution in [0.3, 0.4) is 0 Å². The third-order valence-electron chi connectivity index (χ3n) is 2.19. The van der Waals surface area contributed by atoms with E-state index >= 15 is 0 Å². The Morgan fingerprint density at radius 3 is 2.44 bits per heavy atom. The van der Waals surface area contributed by atoms with Gasteiger partial charge in [0.05, 0.1) is 10.7 Å². The molecule has 0 amide bonds. The summed E-state index contributed by atoms with van der Waals surface area (Å²) in [7, 11) is 0. The third kappa shape index (κ3) is 4.67. The van der Waals surface area contributed by atoms with Crippen LogP contribution in [-0.2, 0) is 0 Å². The highest BCUT2D eigenvalue weighted by Gasteiger charge is 2.08.